The number of nitrogens with one attached hydrogen (secondary N) is 1. The number of benzene rings is 1. The summed E-state index contributed by atoms with van der Waals surface area (Å²) in [5, 5.41) is 6.32. The van der Waals surface area contributed by atoms with Gasteiger partial charge >= 0.3 is 0 Å². The Hall–Kier alpha value is -2.43. The zero-order chi connectivity index (χ0) is 17.9. The predicted molar refractivity (Wildman–Crippen MR) is 102 cm³/mol. The van der Waals surface area contributed by atoms with Gasteiger partial charge in [0, 0.05) is 24.3 Å². The van der Waals surface area contributed by atoms with Gasteiger partial charge in [0.1, 0.15) is 17.0 Å². The van der Waals surface area contributed by atoms with E-state index < -0.39 is 9.84 Å². The van der Waals surface area contributed by atoms with Crippen LogP contribution in [0.15, 0.2) is 46.9 Å². The van der Waals surface area contributed by atoms with Crippen molar-refractivity contribution in [2.45, 2.75) is 24.3 Å². The number of thiophene rings is 1. The van der Waals surface area contributed by atoms with Crippen molar-refractivity contribution >= 4 is 37.2 Å². The van der Waals surface area contributed by atoms with Gasteiger partial charge in [-0.1, -0.05) is 24.0 Å². The molecule has 3 rings (SSSR count). The van der Waals surface area contributed by atoms with Gasteiger partial charge in [-0.05, 0) is 30.5 Å². The van der Waals surface area contributed by atoms with Gasteiger partial charge in [-0.15, -0.1) is 11.3 Å². The van der Waals surface area contributed by atoms with Crippen LogP contribution >= 0.6 is 11.3 Å². The Balaban J connectivity index is 1.73. The van der Waals surface area contributed by atoms with Crippen LogP contribution in [0, 0.1) is 11.8 Å². The second-order valence-corrected chi connectivity index (χ2v) is 8.56. The normalized spacial score (nSPS) is 12.4. The van der Waals surface area contributed by atoms with Crippen molar-refractivity contribution in [3.05, 3.63) is 47.6 Å². The molecule has 0 radical (unpaired) electrons. The molecule has 0 aliphatic carbocycles. The smallest absolute Gasteiger partial charge is 0.176 e. The highest BCUT2D eigenvalue weighted by molar-refractivity contribution is 7.90. The van der Waals surface area contributed by atoms with Crippen molar-refractivity contribution in [1.29, 1.82) is 0 Å². The maximum atomic E-state index is 11.8. The van der Waals surface area contributed by atoms with E-state index in [0.717, 1.165) is 16.0 Å². The quantitative estimate of drug-likeness (QED) is 0.712. The molecule has 0 fully saturated rings. The Kier molecular flexibility index (Phi) is 5.02. The van der Waals surface area contributed by atoms with Gasteiger partial charge in [0.25, 0.3) is 0 Å². The van der Waals surface area contributed by atoms with Crippen molar-refractivity contribution in [2.75, 3.05) is 11.6 Å². The molecule has 25 heavy (non-hydrogen) atoms. The summed E-state index contributed by atoms with van der Waals surface area (Å²) >= 11 is 1.57. The maximum absolute atomic E-state index is 11.8. The van der Waals surface area contributed by atoms with Crippen LogP contribution in [0.1, 0.15) is 18.9 Å². The zero-order valence-electron chi connectivity index (χ0n) is 13.9. The van der Waals surface area contributed by atoms with Gasteiger partial charge < -0.3 is 5.32 Å². The van der Waals surface area contributed by atoms with Crippen LogP contribution in [0.3, 0.4) is 0 Å². The third kappa shape index (κ3) is 4.16. The second-order valence-electron chi connectivity index (χ2n) is 5.68. The van der Waals surface area contributed by atoms with Crippen LogP contribution in [0.25, 0.3) is 10.2 Å². The van der Waals surface area contributed by atoms with Crippen LogP contribution in [0.2, 0.25) is 0 Å². The molecule has 0 saturated heterocycles. The average Bonchev–Trinajstić information content (AvgIpc) is 3.04. The Morgan fingerprint density at radius 1 is 1.24 bits per heavy atom. The molecule has 0 spiro atoms. The first-order valence-corrected chi connectivity index (χ1v) is 10.4. The number of hydrogen-bond acceptors (Lipinski definition) is 6. The summed E-state index contributed by atoms with van der Waals surface area (Å²) in [5.41, 5.74) is 0.527. The second kappa shape index (κ2) is 7.21. The summed E-state index contributed by atoms with van der Waals surface area (Å²) in [6.45, 7) is 2.01. The lowest BCUT2D eigenvalue weighted by molar-refractivity contribution is 0.601. The molecule has 0 bridgehead atoms. The van der Waals surface area contributed by atoms with E-state index in [1.165, 1.54) is 6.26 Å². The van der Waals surface area contributed by atoms with E-state index in [9.17, 15) is 8.42 Å². The standard InChI is InChI=1S/C18H17N3O2S2/c1-13(21-17-15-10-11-24-18(15)20-12-19-17)6-5-8-14-7-3-4-9-16(14)25(2,22)23/h3-4,7,9-13H,6H2,1-2H3,(H,19,20,21). The molecule has 0 amide bonds. The van der Waals surface area contributed by atoms with Gasteiger partial charge in [0.15, 0.2) is 9.84 Å². The highest BCUT2D eigenvalue weighted by atomic mass is 32.2. The third-order valence-electron chi connectivity index (χ3n) is 3.56. The fourth-order valence-electron chi connectivity index (χ4n) is 2.38. The molecule has 1 unspecified atom stereocenters. The van der Waals surface area contributed by atoms with Crippen LogP contribution in [-0.2, 0) is 9.84 Å². The van der Waals surface area contributed by atoms with Crippen LogP contribution in [0.5, 0.6) is 0 Å². The Bertz CT molecular complexity index is 1060. The lowest BCUT2D eigenvalue weighted by Gasteiger charge is -2.11. The highest BCUT2D eigenvalue weighted by Gasteiger charge is 2.11. The van der Waals surface area contributed by atoms with Crippen molar-refractivity contribution in [2.24, 2.45) is 0 Å². The first kappa shape index (κ1) is 17.4. The van der Waals surface area contributed by atoms with E-state index in [0.29, 0.717) is 12.0 Å². The average molecular weight is 371 g/mol. The molecule has 0 aliphatic rings. The summed E-state index contributed by atoms with van der Waals surface area (Å²) < 4.78 is 23.6. The number of rotatable bonds is 4. The molecule has 1 atom stereocenters. The van der Waals surface area contributed by atoms with Crippen LogP contribution < -0.4 is 5.32 Å². The maximum Gasteiger partial charge on any atom is 0.176 e. The fourth-order valence-corrected chi connectivity index (χ4v) is 3.96. The van der Waals surface area contributed by atoms with E-state index in [1.54, 1.807) is 41.9 Å². The summed E-state index contributed by atoms with van der Waals surface area (Å²) in [4.78, 5) is 9.72. The summed E-state index contributed by atoms with van der Waals surface area (Å²) in [7, 11) is -3.28. The first-order valence-electron chi connectivity index (χ1n) is 7.68. The minimum absolute atomic E-state index is 0.0656. The number of anilines is 1. The fraction of sp³-hybridized carbons (Fsp3) is 0.222. The molecule has 7 heteroatoms. The molecule has 2 aromatic heterocycles. The first-order chi connectivity index (χ1) is 11.9. The molecule has 0 aliphatic heterocycles. The minimum Gasteiger partial charge on any atom is -0.366 e. The zero-order valence-corrected chi connectivity index (χ0v) is 15.5. The molecule has 1 aromatic carbocycles. The Labute approximate surface area is 151 Å². The van der Waals surface area contributed by atoms with E-state index in [1.807, 2.05) is 18.4 Å². The number of fused-ring (bicyclic) bond motifs is 1. The summed E-state index contributed by atoms with van der Waals surface area (Å²) in [5.74, 6) is 6.82. The monoisotopic (exact) mass is 371 g/mol. The van der Waals surface area contributed by atoms with Crippen molar-refractivity contribution < 1.29 is 8.42 Å². The van der Waals surface area contributed by atoms with Crippen molar-refractivity contribution in [3.8, 4) is 11.8 Å². The highest BCUT2D eigenvalue weighted by Crippen LogP contribution is 2.24. The number of aromatic nitrogens is 2. The van der Waals surface area contributed by atoms with Crippen molar-refractivity contribution in [1.82, 2.24) is 9.97 Å². The lowest BCUT2D eigenvalue weighted by Crippen LogP contribution is -2.15. The minimum atomic E-state index is -3.28. The molecule has 0 saturated carbocycles. The van der Waals surface area contributed by atoms with E-state index in [2.05, 4.69) is 27.1 Å². The van der Waals surface area contributed by atoms with Gasteiger partial charge in [0.2, 0.25) is 0 Å². The molecule has 3 aromatic rings. The molecule has 1 N–H and O–H groups in total. The van der Waals surface area contributed by atoms with E-state index in [4.69, 9.17) is 0 Å². The lowest BCUT2D eigenvalue weighted by atomic mass is 10.2. The van der Waals surface area contributed by atoms with Crippen molar-refractivity contribution in [3.63, 3.8) is 0 Å². The molecule has 128 valence electrons. The predicted octanol–water partition coefficient (Wildman–Crippen LogP) is 3.34. The SMILES string of the molecule is CC(CC#Cc1ccccc1S(C)(=O)=O)Nc1ncnc2sccc12. The van der Waals surface area contributed by atoms with E-state index in [-0.39, 0.29) is 10.9 Å². The molecular formula is C18H17N3O2S2. The molecular weight excluding hydrogens is 354 g/mol. The van der Waals surface area contributed by atoms with Crippen LogP contribution in [-0.4, -0.2) is 30.7 Å². The van der Waals surface area contributed by atoms with Gasteiger partial charge in [-0.25, -0.2) is 18.4 Å². The Morgan fingerprint density at radius 2 is 2.04 bits per heavy atom. The number of hydrogen-bond donors (Lipinski definition) is 1. The Morgan fingerprint density at radius 3 is 2.84 bits per heavy atom. The largest absolute Gasteiger partial charge is 0.366 e. The molecule has 5 nitrogen and oxygen atoms in total. The van der Waals surface area contributed by atoms with E-state index >= 15 is 0 Å². The third-order valence-corrected chi connectivity index (χ3v) is 5.54. The number of sulfone groups is 1. The van der Waals surface area contributed by atoms with Gasteiger partial charge in [0.05, 0.1) is 10.3 Å². The van der Waals surface area contributed by atoms with Gasteiger partial charge in [-0.3, -0.25) is 0 Å². The molecule has 2 heterocycles. The number of nitrogens with zero attached hydrogens (tertiary/aromatic N) is 2. The summed E-state index contributed by atoms with van der Waals surface area (Å²) in [6.07, 6.45) is 3.30. The summed E-state index contributed by atoms with van der Waals surface area (Å²) in [6, 6.07) is 8.84. The van der Waals surface area contributed by atoms with Crippen LogP contribution in [0.4, 0.5) is 5.82 Å². The van der Waals surface area contributed by atoms with Gasteiger partial charge in [-0.2, -0.15) is 0 Å². The topological polar surface area (TPSA) is 72.0 Å².